The normalized spacial score (nSPS) is 19.2. The number of pyridine rings is 2. The number of carbonyl (C=O) groups is 1. The lowest BCUT2D eigenvalue weighted by molar-refractivity contribution is 0.0595. The number of fused-ring (bicyclic) bond motifs is 5. The Hall–Kier alpha value is -3.28. The van der Waals surface area contributed by atoms with Crippen LogP contribution in [0.25, 0.3) is 10.1 Å². The molecular formula is C24H20ClN5O4S2. The number of likely N-dealkylation sites (tertiary alicyclic amines) is 1. The van der Waals surface area contributed by atoms with Crippen LogP contribution >= 0.6 is 23.1 Å². The molecule has 0 aliphatic carbocycles. The van der Waals surface area contributed by atoms with Crippen molar-refractivity contribution in [2.24, 2.45) is 5.92 Å². The highest BCUT2D eigenvalue weighted by Crippen LogP contribution is 2.36. The Morgan fingerprint density at radius 3 is 2.86 bits per heavy atom. The number of piperidine rings is 1. The van der Waals surface area contributed by atoms with Crippen molar-refractivity contribution in [2.45, 2.75) is 23.9 Å². The Balaban J connectivity index is 1.33. The highest BCUT2D eigenvalue weighted by molar-refractivity contribution is 7.92. The second-order valence-electron chi connectivity index (χ2n) is 9.06. The number of amides is 1. The van der Waals surface area contributed by atoms with Crippen LogP contribution in [0.5, 0.6) is 0 Å². The van der Waals surface area contributed by atoms with E-state index in [9.17, 15) is 18.0 Å². The second-order valence-corrected chi connectivity index (χ2v) is 11.9. The van der Waals surface area contributed by atoms with Crippen LogP contribution in [0.15, 0.2) is 64.7 Å². The van der Waals surface area contributed by atoms with Crippen molar-refractivity contribution < 1.29 is 13.2 Å². The van der Waals surface area contributed by atoms with Crippen molar-refractivity contribution in [1.82, 2.24) is 18.8 Å². The Labute approximate surface area is 215 Å². The maximum Gasteiger partial charge on any atom is 0.280 e. The molecule has 1 amide bonds. The Morgan fingerprint density at radius 2 is 2.00 bits per heavy atom. The standard InChI is InChI=1S/C24H20ClN5O4S2/c25-16-4-5-17(19(9-16)28-36(33,34)23-18-10-27-35-21(18)6-7-26-23)24(32)29-11-14-8-15(13-29)20-2-1-3-22(31)30(20)12-14/h1-7,9-10,14-15,28H,8,11-13H2. The molecule has 2 bridgehead atoms. The first-order chi connectivity index (χ1) is 17.3. The lowest BCUT2D eigenvalue weighted by Crippen LogP contribution is -2.49. The van der Waals surface area contributed by atoms with Crippen molar-refractivity contribution in [2.75, 3.05) is 17.8 Å². The average Bonchev–Trinajstić information content (AvgIpc) is 3.33. The van der Waals surface area contributed by atoms with Gasteiger partial charge in [-0.1, -0.05) is 17.7 Å². The summed E-state index contributed by atoms with van der Waals surface area (Å²) in [6.07, 6.45) is 3.77. The maximum atomic E-state index is 13.7. The monoisotopic (exact) mass is 541 g/mol. The number of nitrogens with one attached hydrogen (secondary N) is 1. The first-order valence-electron chi connectivity index (χ1n) is 11.3. The van der Waals surface area contributed by atoms with Crippen LogP contribution < -0.4 is 10.3 Å². The van der Waals surface area contributed by atoms with Crippen molar-refractivity contribution in [3.63, 3.8) is 0 Å². The molecule has 2 aliphatic heterocycles. The molecule has 2 atom stereocenters. The van der Waals surface area contributed by atoms with Gasteiger partial charge in [-0.3, -0.25) is 14.3 Å². The predicted octanol–water partition coefficient (Wildman–Crippen LogP) is 3.57. The van der Waals surface area contributed by atoms with Gasteiger partial charge in [-0.2, -0.15) is 12.8 Å². The van der Waals surface area contributed by atoms with Crippen LogP contribution in [0.3, 0.4) is 0 Å². The van der Waals surface area contributed by atoms with Gasteiger partial charge in [0, 0.05) is 48.5 Å². The van der Waals surface area contributed by atoms with E-state index < -0.39 is 10.0 Å². The minimum absolute atomic E-state index is 0.0270. The van der Waals surface area contributed by atoms with Crippen LogP contribution in [-0.2, 0) is 16.6 Å². The lowest BCUT2D eigenvalue weighted by Gasteiger charge is -2.42. The van der Waals surface area contributed by atoms with Gasteiger partial charge in [0.2, 0.25) is 0 Å². The van der Waals surface area contributed by atoms with Gasteiger partial charge in [-0.05, 0) is 54.2 Å². The van der Waals surface area contributed by atoms with Crippen LogP contribution in [0, 0.1) is 5.92 Å². The van der Waals surface area contributed by atoms with Gasteiger partial charge in [0.1, 0.15) is 0 Å². The number of nitrogens with zero attached hydrogens (tertiary/aromatic N) is 4. The molecule has 5 heterocycles. The summed E-state index contributed by atoms with van der Waals surface area (Å²) in [6, 6.07) is 11.5. The molecule has 12 heteroatoms. The number of carbonyl (C=O) groups excluding carboxylic acids is 1. The van der Waals surface area contributed by atoms with Crippen LogP contribution in [0.4, 0.5) is 5.69 Å². The molecule has 184 valence electrons. The molecule has 9 nitrogen and oxygen atoms in total. The van der Waals surface area contributed by atoms with Gasteiger partial charge in [0.15, 0.2) is 5.03 Å². The molecule has 1 saturated heterocycles. The molecule has 2 aliphatic rings. The number of hydrogen-bond acceptors (Lipinski definition) is 7. The smallest absolute Gasteiger partial charge is 0.280 e. The summed E-state index contributed by atoms with van der Waals surface area (Å²) < 4.78 is 35.7. The van der Waals surface area contributed by atoms with Gasteiger partial charge in [-0.25, -0.2) is 4.98 Å². The molecule has 2 unspecified atom stereocenters. The van der Waals surface area contributed by atoms with E-state index in [1.54, 1.807) is 33.7 Å². The number of hydrogen-bond donors (Lipinski definition) is 1. The Kier molecular flexibility index (Phi) is 5.58. The molecule has 1 N–H and O–H groups in total. The van der Waals surface area contributed by atoms with Gasteiger partial charge in [0.05, 0.1) is 27.5 Å². The predicted molar refractivity (Wildman–Crippen MR) is 137 cm³/mol. The number of benzene rings is 1. The molecule has 1 aromatic carbocycles. The molecule has 0 saturated carbocycles. The zero-order chi connectivity index (χ0) is 25.0. The largest absolute Gasteiger partial charge is 0.338 e. The zero-order valence-corrected chi connectivity index (χ0v) is 21.2. The third kappa shape index (κ3) is 3.97. The Bertz CT molecular complexity index is 1680. The molecule has 36 heavy (non-hydrogen) atoms. The molecule has 0 radical (unpaired) electrons. The van der Waals surface area contributed by atoms with Gasteiger partial charge >= 0.3 is 0 Å². The summed E-state index contributed by atoms with van der Waals surface area (Å²) in [6.45, 7) is 1.47. The first-order valence-corrected chi connectivity index (χ1v) is 13.9. The van der Waals surface area contributed by atoms with Crippen LogP contribution in [0.1, 0.15) is 28.4 Å². The third-order valence-corrected chi connectivity index (χ3v) is 9.05. The number of sulfonamides is 1. The second kappa shape index (κ2) is 8.68. The van der Waals surface area contributed by atoms with E-state index in [4.69, 9.17) is 11.6 Å². The molecule has 1 fully saturated rings. The molecular weight excluding hydrogens is 522 g/mol. The molecule has 6 rings (SSSR count). The molecule has 3 aromatic heterocycles. The van der Waals surface area contributed by atoms with Crippen molar-refractivity contribution in [3.8, 4) is 0 Å². The van der Waals surface area contributed by atoms with E-state index >= 15 is 0 Å². The quantitative estimate of drug-likeness (QED) is 0.422. The fraction of sp³-hybridized carbons (Fsp3) is 0.250. The van der Waals surface area contributed by atoms with E-state index in [1.165, 1.54) is 36.1 Å². The first kappa shape index (κ1) is 23.1. The van der Waals surface area contributed by atoms with Gasteiger partial charge in [0.25, 0.3) is 21.5 Å². The highest BCUT2D eigenvalue weighted by atomic mass is 35.5. The summed E-state index contributed by atoms with van der Waals surface area (Å²) >= 11 is 7.36. The Morgan fingerprint density at radius 1 is 1.14 bits per heavy atom. The number of halogens is 1. The maximum absolute atomic E-state index is 13.7. The molecule has 0 spiro atoms. The average molecular weight is 542 g/mol. The topological polar surface area (TPSA) is 114 Å². The van der Waals surface area contributed by atoms with E-state index in [0.717, 1.165) is 12.1 Å². The SMILES string of the molecule is O=C(c1ccc(Cl)cc1NS(=O)(=O)c1nccc2sncc12)N1CC2CC(C1)c1cccc(=O)n1C2. The fourth-order valence-electron chi connectivity index (χ4n) is 5.20. The summed E-state index contributed by atoms with van der Waals surface area (Å²) in [5.74, 6) is -0.120. The summed E-state index contributed by atoms with van der Waals surface area (Å²) in [7, 11) is -4.14. The number of rotatable bonds is 4. The van der Waals surface area contributed by atoms with E-state index in [2.05, 4.69) is 14.1 Å². The van der Waals surface area contributed by atoms with E-state index in [-0.39, 0.29) is 44.6 Å². The zero-order valence-electron chi connectivity index (χ0n) is 18.8. The van der Waals surface area contributed by atoms with Gasteiger partial charge in [-0.15, -0.1) is 0 Å². The lowest BCUT2D eigenvalue weighted by atomic mass is 9.83. The summed E-state index contributed by atoms with van der Waals surface area (Å²) in [5.41, 5.74) is 1.18. The highest BCUT2D eigenvalue weighted by Gasteiger charge is 2.37. The molecule has 4 aromatic rings. The summed E-state index contributed by atoms with van der Waals surface area (Å²) in [5, 5.41) is 0.529. The third-order valence-electron chi connectivity index (χ3n) is 6.72. The van der Waals surface area contributed by atoms with Crippen molar-refractivity contribution >= 4 is 54.8 Å². The van der Waals surface area contributed by atoms with Crippen LogP contribution in [-0.4, -0.2) is 46.2 Å². The van der Waals surface area contributed by atoms with Crippen LogP contribution in [0.2, 0.25) is 5.02 Å². The minimum Gasteiger partial charge on any atom is -0.338 e. The van der Waals surface area contributed by atoms with E-state index in [0.29, 0.717) is 29.7 Å². The summed E-state index contributed by atoms with van der Waals surface area (Å²) in [4.78, 5) is 31.8. The van der Waals surface area contributed by atoms with E-state index in [1.807, 2.05) is 6.07 Å². The van der Waals surface area contributed by atoms with Gasteiger partial charge < -0.3 is 9.47 Å². The minimum atomic E-state index is -4.14. The van der Waals surface area contributed by atoms with Crippen molar-refractivity contribution in [1.29, 1.82) is 0 Å². The fourth-order valence-corrected chi connectivity index (χ4v) is 7.28. The van der Waals surface area contributed by atoms with Crippen molar-refractivity contribution in [3.05, 3.63) is 81.5 Å². The number of aromatic nitrogens is 3. The number of anilines is 1.